The van der Waals surface area contributed by atoms with Gasteiger partial charge in [-0.05, 0) is 0 Å². The minimum absolute atomic E-state index is 0. The van der Waals surface area contributed by atoms with Crippen molar-refractivity contribution in [3.05, 3.63) is 17.7 Å². The summed E-state index contributed by atoms with van der Waals surface area (Å²) in [5.74, 6) is 1.89. The molecule has 1 aromatic carbocycles. The standard InChI is InChI=1S/C11H18N2O3.ClH/c1-14-7-4-9(15-2)11(8(13)6-12)10(5-7)16-3;/h4-5,8H,6,12-13H2,1-3H3;1H/t8-;/m1./s1. The van der Waals surface area contributed by atoms with Crippen molar-refractivity contribution in [3.63, 3.8) is 0 Å². The predicted octanol–water partition coefficient (Wildman–Crippen LogP) is 1.09. The van der Waals surface area contributed by atoms with Crippen molar-refractivity contribution in [2.24, 2.45) is 11.5 Å². The van der Waals surface area contributed by atoms with E-state index in [4.69, 9.17) is 25.7 Å². The zero-order valence-electron chi connectivity index (χ0n) is 10.2. The summed E-state index contributed by atoms with van der Waals surface area (Å²) < 4.78 is 15.7. The molecule has 0 spiro atoms. The summed E-state index contributed by atoms with van der Waals surface area (Å²) in [6.07, 6.45) is 0. The van der Waals surface area contributed by atoms with Crippen LogP contribution in [0.4, 0.5) is 0 Å². The van der Waals surface area contributed by atoms with E-state index in [1.807, 2.05) is 0 Å². The number of rotatable bonds is 5. The molecule has 0 saturated carbocycles. The van der Waals surface area contributed by atoms with Crippen LogP contribution in [0.15, 0.2) is 12.1 Å². The zero-order chi connectivity index (χ0) is 12.1. The topological polar surface area (TPSA) is 79.7 Å². The molecule has 98 valence electrons. The van der Waals surface area contributed by atoms with Gasteiger partial charge in [-0.1, -0.05) is 0 Å². The molecule has 0 saturated heterocycles. The number of hydrogen-bond acceptors (Lipinski definition) is 5. The van der Waals surface area contributed by atoms with Gasteiger partial charge in [-0.25, -0.2) is 0 Å². The molecule has 0 aliphatic rings. The van der Waals surface area contributed by atoms with Crippen molar-refractivity contribution < 1.29 is 14.2 Å². The van der Waals surface area contributed by atoms with Crippen LogP contribution in [0.2, 0.25) is 0 Å². The van der Waals surface area contributed by atoms with Gasteiger partial charge in [0.1, 0.15) is 17.2 Å². The average molecular weight is 263 g/mol. The largest absolute Gasteiger partial charge is 0.496 e. The van der Waals surface area contributed by atoms with Crippen LogP contribution in [0.25, 0.3) is 0 Å². The molecule has 0 aliphatic heterocycles. The molecule has 1 rings (SSSR count). The van der Waals surface area contributed by atoms with Crippen LogP contribution in [-0.4, -0.2) is 27.9 Å². The molecular formula is C11H19ClN2O3. The summed E-state index contributed by atoms with van der Waals surface area (Å²) in [4.78, 5) is 0. The first-order chi connectivity index (χ1) is 7.67. The van der Waals surface area contributed by atoms with E-state index in [0.29, 0.717) is 23.8 Å². The van der Waals surface area contributed by atoms with Gasteiger partial charge in [-0.2, -0.15) is 0 Å². The van der Waals surface area contributed by atoms with Crippen molar-refractivity contribution in [2.45, 2.75) is 6.04 Å². The van der Waals surface area contributed by atoms with Crippen LogP contribution in [0.3, 0.4) is 0 Å². The van der Waals surface area contributed by atoms with Crippen LogP contribution in [-0.2, 0) is 0 Å². The number of benzene rings is 1. The SMILES string of the molecule is COc1cc(OC)c([C@H](N)CN)c(OC)c1.Cl. The lowest BCUT2D eigenvalue weighted by Crippen LogP contribution is -2.22. The van der Waals surface area contributed by atoms with E-state index in [2.05, 4.69) is 0 Å². The summed E-state index contributed by atoms with van der Waals surface area (Å²) in [5.41, 5.74) is 12.2. The van der Waals surface area contributed by atoms with Gasteiger partial charge in [-0.3, -0.25) is 0 Å². The minimum Gasteiger partial charge on any atom is -0.496 e. The highest BCUT2D eigenvalue weighted by Gasteiger charge is 2.18. The van der Waals surface area contributed by atoms with Crippen LogP contribution < -0.4 is 25.7 Å². The highest BCUT2D eigenvalue weighted by molar-refractivity contribution is 5.85. The molecule has 17 heavy (non-hydrogen) atoms. The maximum absolute atomic E-state index is 5.91. The van der Waals surface area contributed by atoms with Gasteiger partial charge in [-0.15, -0.1) is 12.4 Å². The molecule has 0 bridgehead atoms. The second-order valence-corrected chi connectivity index (χ2v) is 3.29. The Kier molecular flexibility index (Phi) is 6.72. The Bertz CT molecular complexity index is 336. The highest BCUT2D eigenvalue weighted by atomic mass is 35.5. The number of nitrogens with two attached hydrogens (primary N) is 2. The molecule has 0 radical (unpaired) electrons. The van der Waals surface area contributed by atoms with E-state index in [0.717, 1.165) is 5.56 Å². The molecule has 0 aliphatic carbocycles. The Hall–Kier alpha value is -1.17. The molecule has 1 aromatic rings. The molecule has 0 fully saturated rings. The monoisotopic (exact) mass is 262 g/mol. The molecule has 0 unspecified atom stereocenters. The summed E-state index contributed by atoms with van der Waals surface area (Å²) in [7, 11) is 4.72. The van der Waals surface area contributed by atoms with Crippen LogP contribution in [0.1, 0.15) is 11.6 Å². The summed E-state index contributed by atoms with van der Waals surface area (Å²) in [6, 6.07) is 3.19. The van der Waals surface area contributed by atoms with Gasteiger partial charge >= 0.3 is 0 Å². The number of ether oxygens (including phenoxy) is 3. The second-order valence-electron chi connectivity index (χ2n) is 3.29. The zero-order valence-corrected chi connectivity index (χ0v) is 11.0. The molecule has 0 heterocycles. The molecular weight excluding hydrogens is 244 g/mol. The van der Waals surface area contributed by atoms with Crippen LogP contribution >= 0.6 is 12.4 Å². The number of methoxy groups -OCH3 is 3. The molecule has 4 N–H and O–H groups in total. The lowest BCUT2D eigenvalue weighted by atomic mass is 10.0. The van der Waals surface area contributed by atoms with Gasteiger partial charge in [0.2, 0.25) is 0 Å². The second kappa shape index (κ2) is 7.21. The van der Waals surface area contributed by atoms with Gasteiger partial charge in [0.25, 0.3) is 0 Å². The minimum atomic E-state index is -0.323. The highest BCUT2D eigenvalue weighted by Crippen LogP contribution is 2.37. The maximum atomic E-state index is 5.91. The maximum Gasteiger partial charge on any atom is 0.131 e. The van der Waals surface area contributed by atoms with E-state index in [9.17, 15) is 0 Å². The van der Waals surface area contributed by atoms with Crippen molar-refractivity contribution in [1.29, 1.82) is 0 Å². The average Bonchev–Trinajstić information content (AvgIpc) is 2.35. The first-order valence-corrected chi connectivity index (χ1v) is 4.93. The molecule has 0 amide bonds. The molecule has 6 heteroatoms. The fourth-order valence-electron chi connectivity index (χ4n) is 1.52. The number of halogens is 1. The van der Waals surface area contributed by atoms with Crippen molar-refractivity contribution in [3.8, 4) is 17.2 Å². The van der Waals surface area contributed by atoms with Crippen LogP contribution in [0, 0.1) is 0 Å². The third-order valence-electron chi connectivity index (χ3n) is 2.38. The Morgan fingerprint density at radius 2 is 1.53 bits per heavy atom. The lowest BCUT2D eigenvalue weighted by molar-refractivity contribution is 0.364. The van der Waals surface area contributed by atoms with Crippen LogP contribution in [0.5, 0.6) is 17.2 Å². The van der Waals surface area contributed by atoms with E-state index in [1.165, 1.54) is 0 Å². The van der Waals surface area contributed by atoms with Gasteiger partial charge in [0, 0.05) is 24.7 Å². The van der Waals surface area contributed by atoms with E-state index in [1.54, 1.807) is 33.5 Å². The first kappa shape index (κ1) is 15.8. The Labute approximate surface area is 107 Å². The quantitative estimate of drug-likeness (QED) is 0.830. The van der Waals surface area contributed by atoms with E-state index < -0.39 is 0 Å². The third kappa shape index (κ3) is 3.39. The normalized spacial score (nSPS) is 11.4. The Morgan fingerprint density at radius 3 is 1.82 bits per heavy atom. The van der Waals surface area contributed by atoms with Gasteiger partial charge in [0.05, 0.1) is 26.9 Å². The smallest absolute Gasteiger partial charge is 0.131 e. The summed E-state index contributed by atoms with van der Waals surface area (Å²) in [5, 5.41) is 0. The number of hydrogen-bond donors (Lipinski definition) is 2. The molecule has 5 nitrogen and oxygen atoms in total. The van der Waals surface area contributed by atoms with Crippen molar-refractivity contribution in [2.75, 3.05) is 27.9 Å². The fraction of sp³-hybridized carbons (Fsp3) is 0.455. The molecule has 1 atom stereocenters. The summed E-state index contributed by atoms with van der Waals surface area (Å²) in [6.45, 7) is 0.319. The summed E-state index contributed by atoms with van der Waals surface area (Å²) >= 11 is 0. The van der Waals surface area contributed by atoms with E-state index >= 15 is 0 Å². The first-order valence-electron chi connectivity index (χ1n) is 4.93. The Morgan fingerprint density at radius 1 is 1.06 bits per heavy atom. The Balaban J connectivity index is 0.00000256. The third-order valence-corrected chi connectivity index (χ3v) is 2.38. The van der Waals surface area contributed by atoms with Crippen molar-refractivity contribution >= 4 is 12.4 Å². The van der Waals surface area contributed by atoms with Crippen molar-refractivity contribution in [1.82, 2.24) is 0 Å². The van der Waals surface area contributed by atoms with Gasteiger partial charge < -0.3 is 25.7 Å². The fourth-order valence-corrected chi connectivity index (χ4v) is 1.52. The van der Waals surface area contributed by atoms with E-state index in [-0.39, 0.29) is 18.4 Å². The van der Waals surface area contributed by atoms with Gasteiger partial charge in [0.15, 0.2) is 0 Å². The lowest BCUT2D eigenvalue weighted by Gasteiger charge is -2.18. The predicted molar refractivity (Wildman–Crippen MR) is 69.3 cm³/mol. The molecule has 0 aromatic heterocycles.